The number of anilines is 1. The largest absolute Gasteiger partial charge is 0.481 e. The topological polar surface area (TPSA) is 92.7 Å². The van der Waals surface area contributed by atoms with E-state index in [0.717, 1.165) is 19.3 Å². The lowest BCUT2D eigenvalue weighted by Crippen LogP contribution is -2.36. The van der Waals surface area contributed by atoms with E-state index < -0.39 is 17.8 Å². The molecule has 0 saturated heterocycles. The van der Waals surface area contributed by atoms with Gasteiger partial charge in [0.05, 0.1) is 24.0 Å². The Morgan fingerprint density at radius 3 is 2.31 bits per heavy atom. The number of carbonyl (C=O) groups is 3. The van der Waals surface area contributed by atoms with E-state index in [1.165, 1.54) is 0 Å². The predicted molar refractivity (Wildman–Crippen MR) is 97.9 cm³/mol. The Kier molecular flexibility index (Phi) is 7.18. The van der Waals surface area contributed by atoms with Crippen LogP contribution in [-0.2, 0) is 14.3 Å². The van der Waals surface area contributed by atoms with Gasteiger partial charge in [0.15, 0.2) is 0 Å². The van der Waals surface area contributed by atoms with Gasteiger partial charge in [-0.1, -0.05) is 26.7 Å². The van der Waals surface area contributed by atoms with Crippen molar-refractivity contribution in [3.05, 3.63) is 29.8 Å². The van der Waals surface area contributed by atoms with Crippen molar-refractivity contribution in [3.8, 4) is 0 Å². The molecule has 1 amide bonds. The van der Waals surface area contributed by atoms with Crippen LogP contribution < -0.4 is 5.32 Å². The Hall–Kier alpha value is -2.37. The SMILES string of the molecule is CC(C)CCOC(=O)c1ccc(NC(=O)C2CCCCC2C(=O)O)cc1. The molecule has 142 valence electrons. The van der Waals surface area contributed by atoms with E-state index in [9.17, 15) is 19.5 Å². The van der Waals surface area contributed by atoms with Gasteiger partial charge in [-0.25, -0.2) is 4.79 Å². The van der Waals surface area contributed by atoms with Crippen molar-refractivity contribution in [2.75, 3.05) is 11.9 Å². The minimum absolute atomic E-state index is 0.274. The average molecular weight is 361 g/mol. The Balaban J connectivity index is 1.92. The molecular formula is C20H27NO5. The molecule has 2 unspecified atom stereocenters. The number of carboxylic acid groups (broad SMARTS) is 1. The number of nitrogens with one attached hydrogen (secondary N) is 1. The average Bonchev–Trinajstić information content (AvgIpc) is 2.61. The van der Waals surface area contributed by atoms with E-state index in [2.05, 4.69) is 19.2 Å². The normalized spacial score (nSPS) is 19.8. The Labute approximate surface area is 153 Å². The number of benzene rings is 1. The molecule has 2 atom stereocenters. The molecule has 2 rings (SSSR count). The summed E-state index contributed by atoms with van der Waals surface area (Å²) in [7, 11) is 0. The third-order valence-corrected chi connectivity index (χ3v) is 4.74. The van der Waals surface area contributed by atoms with E-state index in [-0.39, 0.29) is 11.9 Å². The molecule has 6 heteroatoms. The van der Waals surface area contributed by atoms with Crippen molar-refractivity contribution >= 4 is 23.5 Å². The number of carbonyl (C=O) groups excluding carboxylic acids is 2. The molecule has 0 aromatic heterocycles. The van der Waals surface area contributed by atoms with Gasteiger partial charge in [-0.2, -0.15) is 0 Å². The lowest BCUT2D eigenvalue weighted by atomic mass is 9.78. The van der Waals surface area contributed by atoms with Crippen LogP contribution in [0.4, 0.5) is 5.69 Å². The van der Waals surface area contributed by atoms with Gasteiger partial charge >= 0.3 is 11.9 Å². The third-order valence-electron chi connectivity index (χ3n) is 4.74. The van der Waals surface area contributed by atoms with Crippen molar-refractivity contribution in [1.82, 2.24) is 0 Å². The van der Waals surface area contributed by atoms with Crippen LogP contribution >= 0.6 is 0 Å². The van der Waals surface area contributed by atoms with E-state index in [0.29, 0.717) is 36.6 Å². The molecule has 6 nitrogen and oxygen atoms in total. The Morgan fingerprint density at radius 2 is 1.73 bits per heavy atom. The number of amides is 1. The van der Waals surface area contributed by atoms with Crippen molar-refractivity contribution in [2.45, 2.75) is 46.0 Å². The second kappa shape index (κ2) is 9.36. The number of ether oxygens (including phenoxy) is 1. The van der Waals surface area contributed by atoms with Crippen molar-refractivity contribution in [3.63, 3.8) is 0 Å². The summed E-state index contributed by atoms with van der Waals surface area (Å²) < 4.78 is 5.20. The summed E-state index contributed by atoms with van der Waals surface area (Å²) in [6.45, 7) is 4.51. The first-order valence-electron chi connectivity index (χ1n) is 9.19. The van der Waals surface area contributed by atoms with Gasteiger partial charge < -0.3 is 15.2 Å². The summed E-state index contributed by atoms with van der Waals surface area (Å²) in [6.07, 6.45) is 3.64. The molecule has 1 saturated carbocycles. The van der Waals surface area contributed by atoms with Crippen molar-refractivity contribution in [1.29, 1.82) is 0 Å². The highest BCUT2D eigenvalue weighted by molar-refractivity contribution is 5.96. The zero-order valence-corrected chi connectivity index (χ0v) is 15.4. The highest BCUT2D eigenvalue weighted by Gasteiger charge is 2.35. The van der Waals surface area contributed by atoms with Crippen molar-refractivity contribution < 1.29 is 24.2 Å². The van der Waals surface area contributed by atoms with Gasteiger partial charge in [0.2, 0.25) is 5.91 Å². The first-order valence-corrected chi connectivity index (χ1v) is 9.19. The zero-order valence-electron chi connectivity index (χ0n) is 15.4. The highest BCUT2D eigenvalue weighted by Crippen LogP contribution is 2.31. The molecule has 26 heavy (non-hydrogen) atoms. The van der Waals surface area contributed by atoms with Gasteiger partial charge in [-0.3, -0.25) is 9.59 Å². The van der Waals surface area contributed by atoms with Crippen LogP contribution in [-0.4, -0.2) is 29.6 Å². The van der Waals surface area contributed by atoms with Crippen LogP contribution in [0.15, 0.2) is 24.3 Å². The lowest BCUT2D eigenvalue weighted by molar-refractivity contribution is -0.147. The van der Waals surface area contributed by atoms with E-state index in [1.807, 2.05) is 0 Å². The lowest BCUT2D eigenvalue weighted by Gasteiger charge is -2.27. The monoisotopic (exact) mass is 361 g/mol. The standard InChI is InChI=1S/C20H27NO5/c1-13(2)11-12-26-20(25)14-7-9-15(10-8-14)21-18(22)16-5-3-4-6-17(16)19(23)24/h7-10,13,16-17H,3-6,11-12H2,1-2H3,(H,21,22)(H,23,24). The molecule has 0 radical (unpaired) electrons. The zero-order chi connectivity index (χ0) is 19.1. The molecule has 1 aromatic carbocycles. The quantitative estimate of drug-likeness (QED) is 0.722. The molecule has 1 aliphatic carbocycles. The van der Waals surface area contributed by atoms with E-state index >= 15 is 0 Å². The maximum Gasteiger partial charge on any atom is 0.338 e. The summed E-state index contributed by atoms with van der Waals surface area (Å²) in [4.78, 5) is 35.7. The van der Waals surface area contributed by atoms with Crippen LogP contribution in [0, 0.1) is 17.8 Å². The fourth-order valence-corrected chi connectivity index (χ4v) is 3.14. The summed E-state index contributed by atoms with van der Waals surface area (Å²) in [5, 5.41) is 12.1. The van der Waals surface area contributed by atoms with Crippen LogP contribution in [0.3, 0.4) is 0 Å². The molecule has 0 bridgehead atoms. The molecule has 0 aliphatic heterocycles. The van der Waals surface area contributed by atoms with Crippen LogP contribution in [0.2, 0.25) is 0 Å². The van der Waals surface area contributed by atoms with Gasteiger partial charge in [-0.05, 0) is 49.4 Å². The van der Waals surface area contributed by atoms with Gasteiger partial charge in [0, 0.05) is 5.69 Å². The van der Waals surface area contributed by atoms with Crippen molar-refractivity contribution in [2.24, 2.45) is 17.8 Å². The number of carboxylic acids is 1. The van der Waals surface area contributed by atoms with Gasteiger partial charge in [0.25, 0.3) is 0 Å². The Morgan fingerprint density at radius 1 is 1.12 bits per heavy atom. The predicted octanol–water partition coefficient (Wildman–Crippen LogP) is 3.72. The fourth-order valence-electron chi connectivity index (χ4n) is 3.14. The third kappa shape index (κ3) is 5.58. The second-order valence-corrected chi connectivity index (χ2v) is 7.22. The maximum absolute atomic E-state index is 12.4. The Bertz CT molecular complexity index is 638. The molecule has 0 spiro atoms. The van der Waals surface area contributed by atoms with E-state index in [4.69, 9.17) is 4.74 Å². The summed E-state index contributed by atoms with van der Waals surface area (Å²) in [5.41, 5.74) is 0.969. The maximum atomic E-state index is 12.4. The van der Waals surface area contributed by atoms with Crippen LogP contribution in [0.1, 0.15) is 56.3 Å². The smallest absolute Gasteiger partial charge is 0.338 e. The first kappa shape index (κ1) is 19.9. The summed E-state index contributed by atoms with van der Waals surface area (Å²) in [6, 6.07) is 6.47. The van der Waals surface area contributed by atoms with Gasteiger partial charge in [0.1, 0.15) is 0 Å². The van der Waals surface area contributed by atoms with Gasteiger partial charge in [-0.15, -0.1) is 0 Å². The molecular weight excluding hydrogens is 334 g/mol. The second-order valence-electron chi connectivity index (χ2n) is 7.22. The highest BCUT2D eigenvalue weighted by atomic mass is 16.5. The molecule has 1 aromatic rings. The number of aliphatic carboxylic acids is 1. The summed E-state index contributed by atoms with van der Waals surface area (Å²) in [5.74, 6) is -2.24. The molecule has 1 aliphatic rings. The van der Waals surface area contributed by atoms with E-state index in [1.54, 1.807) is 24.3 Å². The first-order chi connectivity index (χ1) is 12.4. The fraction of sp³-hybridized carbons (Fsp3) is 0.550. The van der Waals surface area contributed by atoms with Crippen LogP contribution in [0.25, 0.3) is 0 Å². The molecule has 1 fully saturated rings. The number of rotatable bonds is 7. The minimum atomic E-state index is -0.913. The number of esters is 1. The minimum Gasteiger partial charge on any atom is -0.481 e. The van der Waals surface area contributed by atoms with Crippen LogP contribution in [0.5, 0.6) is 0 Å². The summed E-state index contributed by atoms with van der Waals surface area (Å²) >= 11 is 0. The number of hydrogen-bond acceptors (Lipinski definition) is 4. The number of hydrogen-bond donors (Lipinski definition) is 2. The molecule has 2 N–H and O–H groups in total. The molecule has 0 heterocycles.